The molecule has 0 aliphatic carbocycles. The lowest BCUT2D eigenvalue weighted by Crippen LogP contribution is -2.46. The Hall–Kier alpha value is -3.87. The van der Waals surface area contributed by atoms with Crippen LogP contribution in [-0.2, 0) is 22.6 Å². The molecule has 1 aromatic heterocycles. The zero-order valence-electron chi connectivity index (χ0n) is 17.6. The number of nitrogens with zero attached hydrogens (tertiary/aromatic N) is 1. The van der Waals surface area contributed by atoms with Gasteiger partial charge in [-0.25, -0.2) is 0 Å². The summed E-state index contributed by atoms with van der Waals surface area (Å²) in [5, 5.41) is 5.69. The fraction of sp³-hybridized carbons (Fsp3) is 0.240. The van der Waals surface area contributed by atoms with Gasteiger partial charge in [0.15, 0.2) is 5.76 Å². The highest BCUT2D eigenvalue weighted by atomic mass is 16.3. The number of likely N-dealkylation sites (tertiary alicyclic amines) is 1. The van der Waals surface area contributed by atoms with E-state index >= 15 is 0 Å². The molecule has 7 nitrogen and oxygen atoms in total. The number of anilines is 1. The quantitative estimate of drug-likeness (QED) is 0.600. The second-order valence-corrected chi connectivity index (χ2v) is 7.75. The largest absolute Gasteiger partial charge is 0.459 e. The summed E-state index contributed by atoms with van der Waals surface area (Å²) < 4.78 is 5.08. The fourth-order valence-electron chi connectivity index (χ4n) is 3.82. The van der Waals surface area contributed by atoms with Crippen molar-refractivity contribution in [3.63, 3.8) is 0 Å². The molecule has 1 fully saturated rings. The Balaban J connectivity index is 1.29. The van der Waals surface area contributed by atoms with Gasteiger partial charge in [-0.3, -0.25) is 14.4 Å². The molecule has 0 radical (unpaired) electrons. The number of nitrogens with one attached hydrogen (secondary N) is 2. The Labute approximate surface area is 186 Å². The number of hydrogen-bond acceptors (Lipinski definition) is 4. The van der Waals surface area contributed by atoms with Crippen LogP contribution < -0.4 is 10.6 Å². The summed E-state index contributed by atoms with van der Waals surface area (Å²) in [7, 11) is 0. The van der Waals surface area contributed by atoms with Gasteiger partial charge in [0.25, 0.3) is 5.91 Å². The normalized spacial score (nSPS) is 15.4. The van der Waals surface area contributed by atoms with Gasteiger partial charge in [-0.1, -0.05) is 42.5 Å². The summed E-state index contributed by atoms with van der Waals surface area (Å²) in [5.74, 6) is -0.244. The van der Waals surface area contributed by atoms with Gasteiger partial charge in [0, 0.05) is 18.8 Å². The van der Waals surface area contributed by atoms with Crippen LogP contribution in [0.25, 0.3) is 0 Å². The van der Waals surface area contributed by atoms with Crippen LogP contribution in [-0.4, -0.2) is 35.2 Å². The number of benzene rings is 2. The summed E-state index contributed by atoms with van der Waals surface area (Å²) in [6.07, 6.45) is 3.24. The molecular formula is C25H25N3O4. The van der Waals surface area contributed by atoms with Crippen LogP contribution in [0.15, 0.2) is 77.4 Å². The van der Waals surface area contributed by atoms with Crippen molar-refractivity contribution in [3.8, 4) is 0 Å². The van der Waals surface area contributed by atoms with E-state index in [4.69, 9.17) is 4.42 Å². The summed E-state index contributed by atoms with van der Waals surface area (Å²) in [4.78, 5) is 39.2. The molecule has 1 saturated heterocycles. The number of furan rings is 1. The van der Waals surface area contributed by atoms with Gasteiger partial charge in [0.2, 0.25) is 11.8 Å². The van der Waals surface area contributed by atoms with E-state index in [1.807, 2.05) is 42.5 Å². The number of amides is 3. The molecule has 1 atom stereocenters. The monoisotopic (exact) mass is 431 g/mol. The van der Waals surface area contributed by atoms with E-state index in [0.717, 1.165) is 17.5 Å². The van der Waals surface area contributed by atoms with E-state index in [2.05, 4.69) is 10.6 Å². The van der Waals surface area contributed by atoms with Gasteiger partial charge in [-0.2, -0.15) is 0 Å². The first kappa shape index (κ1) is 21.4. The van der Waals surface area contributed by atoms with Crippen LogP contribution in [0.5, 0.6) is 0 Å². The van der Waals surface area contributed by atoms with Gasteiger partial charge in [-0.15, -0.1) is 0 Å². The van der Waals surface area contributed by atoms with Crippen LogP contribution in [0.3, 0.4) is 0 Å². The fourth-order valence-corrected chi connectivity index (χ4v) is 3.82. The summed E-state index contributed by atoms with van der Waals surface area (Å²) in [6.45, 7) is 0.955. The van der Waals surface area contributed by atoms with Crippen LogP contribution in [0.2, 0.25) is 0 Å². The molecule has 1 unspecified atom stereocenters. The highest BCUT2D eigenvalue weighted by Crippen LogP contribution is 2.19. The highest BCUT2D eigenvalue weighted by Gasteiger charge is 2.33. The third-order valence-corrected chi connectivity index (χ3v) is 5.50. The van der Waals surface area contributed by atoms with E-state index in [-0.39, 0.29) is 23.5 Å². The maximum atomic E-state index is 12.8. The minimum absolute atomic E-state index is 0.0227. The van der Waals surface area contributed by atoms with Gasteiger partial charge < -0.3 is 20.0 Å². The molecule has 0 bridgehead atoms. The van der Waals surface area contributed by atoms with Crippen molar-refractivity contribution in [3.05, 3.63) is 89.9 Å². The van der Waals surface area contributed by atoms with E-state index in [9.17, 15) is 14.4 Å². The Morgan fingerprint density at radius 1 is 0.938 bits per heavy atom. The maximum absolute atomic E-state index is 12.8. The second kappa shape index (κ2) is 9.96. The zero-order valence-corrected chi connectivity index (χ0v) is 17.6. The molecule has 1 aliphatic heterocycles. The lowest BCUT2D eigenvalue weighted by molar-refractivity contribution is -0.138. The van der Waals surface area contributed by atoms with Gasteiger partial charge in [0.05, 0.1) is 12.7 Å². The molecule has 2 aromatic carbocycles. The van der Waals surface area contributed by atoms with Gasteiger partial charge >= 0.3 is 0 Å². The first-order chi connectivity index (χ1) is 15.6. The van der Waals surface area contributed by atoms with Crippen LogP contribution >= 0.6 is 0 Å². The van der Waals surface area contributed by atoms with Crippen molar-refractivity contribution < 1.29 is 18.8 Å². The van der Waals surface area contributed by atoms with E-state index in [0.29, 0.717) is 31.6 Å². The van der Waals surface area contributed by atoms with Crippen molar-refractivity contribution in [1.29, 1.82) is 0 Å². The Morgan fingerprint density at radius 3 is 2.44 bits per heavy atom. The molecule has 164 valence electrons. The molecule has 1 aliphatic rings. The molecule has 2 N–H and O–H groups in total. The van der Waals surface area contributed by atoms with E-state index < -0.39 is 6.04 Å². The van der Waals surface area contributed by atoms with Crippen LogP contribution in [0.4, 0.5) is 5.69 Å². The summed E-state index contributed by atoms with van der Waals surface area (Å²) >= 11 is 0. The number of carbonyl (C=O) groups excluding carboxylic acids is 3. The molecular weight excluding hydrogens is 406 g/mol. The molecule has 3 amide bonds. The zero-order chi connectivity index (χ0) is 22.3. The van der Waals surface area contributed by atoms with Crippen LogP contribution in [0.1, 0.15) is 34.5 Å². The molecule has 0 spiro atoms. The average Bonchev–Trinajstić information content (AvgIpc) is 3.51. The van der Waals surface area contributed by atoms with Crippen molar-refractivity contribution in [2.24, 2.45) is 0 Å². The van der Waals surface area contributed by atoms with Gasteiger partial charge in [-0.05, 0) is 48.2 Å². The third kappa shape index (κ3) is 5.24. The number of hydrogen-bond donors (Lipinski definition) is 2. The predicted molar refractivity (Wildman–Crippen MR) is 120 cm³/mol. The summed E-state index contributed by atoms with van der Waals surface area (Å²) in [6, 6.07) is 19.6. The van der Waals surface area contributed by atoms with Gasteiger partial charge in [0.1, 0.15) is 6.04 Å². The molecule has 3 aromatic rings. The predicted octanol–water partition coefficient (Wildman–Crippen LogP) is 3.38. The molecule has 4 rings (SSSR count). The number of carbonyl (C=O) groups is 3. The lowest BCUT2D eigenvalue weighted by Gasteiger charge is -2.24. The Bertz CT molecular complexity index is 1060. The first-order valence-corrected chi connectivity index (χ1v) is 10.6. The van der Waals surface area contributed by atoms with Crippen molar-refractivity contribution in [2.45, 2.75) is 31.8 Å². The topological polar surface area (TPSA) is 91.7 Å². The standard InChI is InChI=1S/C25H25N3O4/c29-23(16-18-6-2-1-3-7-18)28-14-4-8-21(28)24(30)26-17-19-10-12-20(13-11-19)27-25(31)22-9-5-15-32-22/h1-3,5-7,9-13,15,21H,4,8,14,16-17H2,(H,26,30)(H,27,31). The maximum Gasteiger partial charge on any atom is 0.291 e. The average molecular weight is 431 g/mol. The molecule has 7 heteroatoms. The minimum atomic E-state index is -0.432. The van der Waals surface area contributed by atoms with Crippen molar-refractivity contribution in [2.75, 3.05) is 11.9 Å². The molecule has 0 saturated carbocycles. The van der Waals surface area contributed by atoms with Crippen LogP contribution in [0, 0.1) is 0 Å². The second-order valence-electron chi connectivity index (χ2n) is 7.75. The smallest absolute Gasteiger partial charge is 0.291 e. The Kier molecular flexibility index (Phi) is 6.65. The molecule has 2 heterocycles. The lowest BCUT2D eigenvalue weighted by atomic mass is 10.1. The van der Waals surface area contributed by atoms with Crippen molar-refractivity contribution in [1.82, 2.24) is 10.2 Å². The SMILES string of the molecule is O=C(Nc1ccc(CNC(=O)C2CCCN2C(=O)Cc2ccccc2)cc1)c1ccco1. The first-order valence-electron chi connectivity index (χ1n) is 10.6. The minimum Gasteiger partial charge on any atom is -0.459 e. The third-order valence-electron chi connectivity index (χ3n) is 5.50. The Morgan fingerprint density at radius 2 is 1.72 bits per heavy atom. The number of rotatable bonds is 7. The summed E-state index contributed by atoms with van der Waals surface area (Å²) in [5.41, 5.74) is 2.48. The molecule has 32 heavy (non-hydrogen) atoms. The van der Waals surface area contributed by atoms with E-state index in [1.54, 1.807) is 29.2 Å². The van der Waals surface area contributed by atoms with E-state index in [1.165, 1.54) is 6.26 Å². The highest BCUT2D eigenvalue weighted by molar-refractivity contribution is 6.02. The van der Waals surface area contributed by atoms with Crippen molar-refractivity contribution >= 4 is 23.4 Å².